The van der Waals surface area contributed by atoms with E-state index in [0.29, 0.717) is 0 Å². The van der Waals surface area contributed by atoms with Crippen molar-refractivity contribution in [1.29, 1.82) is 0 Å². The SMILES string of the molecule is CCCC[C@H](CC(=O)OCC(F)(F)F)[Si](C)(C)c1ccccc1. The Bertz CT molecular complexity index is 486. The van der Waals surface area contributed by atoms with Crippen LogP contribution >= 0.6 is 0 Å². The predicted octanol–water partition coefficient (Wildman–Crippen LogP) is 4.66. The molecule has 0 bridgehead atoms. The molecule has 0 N–H and O–H groups in total. The molecule has 0 saturated carbocycles. The highest BCUT2D eigenvalue weighted by atomic mass is 28.3. The molecule has 0 spiro atoms. The van der Waals surface area contributed by atoms with Crippen molar-refractivity contribution >= 4 is 19.2 Å². The van der Waals surface area contributed by atoms with Crippen LogP contribution in [-0.2, 0) is 9.53 Å². The van der Waals surface area contributed by atoms with Crippen molar-refractivity contribution in [2.24, 2.45) is 0 Å². The maximum absolute atomic E-state index is 12.2. The first-order valence-corrected chi connectivity index (χ1v) is 11.0. The number of benzene rings is 1. The van der Waals surface area contributed by atoms with Crippen molar-refractivity contribution in [1.82, 2.24) is 0 Å². The van der Waals surface area contributed by atoms with Crippen molar-refractivity contribution < 1.29 is 22.7 Å². The summed E-state index contributed by atoms with van der Waals surface area (Å²) in [6, 6.07) is 9.96. The highest BCUT2D eigenvalue weighted by molar-refractivity contribution is 6.91. The molecule has 0 amide bonds. The molecule has 0 aromatic heterocycles. The number of carbonyl (C=O) groups excluding carboxylic acids is 1. The number of esters is 1. The third-order valence-electron chi connectivity index (χ3n) is 4.25. The first kappa shape index (κ1) is 19.7. The number of alkyl halides is 3. The minimum absolute atomic E-state index is 0.0597. The second-order valence-corrected chi connectivity index (χ2v) is 11.2. The molecule has 23 heavy (non-hydrogen) atoms. The first-order chi connectivity index (χ1) is 10.7. The Morgan fingerprint density at radius 2 is 1.83 bits per heavy atom. The van der Waals surface area contributed by atoms with Crippen LogP contribution in [0.3, 0.4) is 0 Å². The van der Waals surface area contributed by atoms with E-state index in [-0.39, 0.29) is 12.0 Å². The lowest BCUT2D eigenvalue weighted by atomic mass is 10.1. The lowest BCUT2D eigenvalue weighted by molar-refractivity contribution is -0.186. The molecule has 0 heterocycles. The standard InChI is InChI=1S/C17H25F3O2Si/c1-4-5-9-15(12-16(21)22-13-17(18,19)20)23(2,3)14-10-7-6-8-11-14/h6-8,10-11,15H,4-5,9,12-13H2,1-3H3/t15-/m1/s1. The Hall–Kier alpha value is -1.30. The molecule has 1 rings (SSSR count). The average molecular weight is 346 g/mol. The summed E-state index contributed by atoms with van der Waals surface area (Å²) in [5.41, 5.74) is 0.0746. The van der Waals surface area contributed by atoms with Gasteiger partial charge in [-0.3, -0.25) is 4.79 Å². The fraction of sp³-hybridized carbons (Fsp3) is 0.588. The van der Waals surface area contributed by atoms with Crippen LogP contribution in [0.5, 0.6) is 0 Å². The van der Waals surface area contributed by atoms with Gasteiger partial charge in [0.25, 0.3) is 0 Å². The molecular weight excluding hydrogens is 321 g/mol. The van der Waals surface area contributed by atoms with Gasteiger partial charge in [0.15, 0.2) is 6.61 Å². The predicted molar refractivity (Wildman–Crippen MR) is 88.5 cm³/mol. The molecule has 0 aliphatic rings. The number of rotatable bonds is 8. The van der Waals surface area contributed by atoms with Gasteiger partial charge in [0.05, 0.1) is 8.07 Å². The Labute approximate surface area is 137 Å². The Morgan fingerprint density at radius 1 is 1.22 bits per heavy atom. The normalized spacial score (nSPS) is 13.7. The zero-order chi connectivity index (χ0) is 17.5. The topological polar surface area (TPSA) is 26.3 Å². The van der Waals surface area contributed by atoms with Gasteiger partial charge in [-0.05, 0) is 5.54 Å². The third-order valence-corrected chi connectivity index (χ3v) is 8.61. The molecule has 0 fully saturated rings. The Balaban J connectivity index is 2.81. The lowest BCUT2D eigenvalue weighted by Crippen LogP contribution is -2.46. The number of carbonyl (C=O) groups is 1. The van der Waals surface area contributed by atoms with E-state index in [0.717, 1.165) is 19.3 Å². The van der Waals surface area contributed by atoms with Crippen LogP contribution < -0.4 is 5.19 Å². The van der Waals surface area contributed by atoms with Gasteiger partial charge in [0.2, 0.25) is 0 Å². The summed E-state index contributed by atoms with van der Waals surface area (Å²) in [4.78, 5) is 11.8. The van der Waals surface area contributed by atoms with Crippen LogP contribution in [0.4, 0.5) is 13.2 Å². The van der Waals surface area contributed by atoms with Gasteiger partial charge in [-0.15, -0.1) is 0 Å². The van der Waals surface area contributed by atoms with Gasteiger partial charge in [-0.1, -0.05) is 74.8 Å². The summed E-state index contributed by atoms with van der Waals surface area (Å²) in [6.45, 7) is 4.90. The Kier molecular flexibility index (Phi) is 7.31. The molecule has 0 saturated heterocycles. The zero-order valence-corrected chi connectivity index (χ0v) is 15.0. The highest BCUT2D eigenvalue weighted by Gasteiger charge is 2.36. The number of ether oxygens (including phenoxy) is 1. The molecule has 1 aromatic carbocycles. The van der Waals surface area contributed by atoms with E-state index in [2.05, 4.69) is 24.8 Å². The van der Waals surface area contributed by atoms with Gasteiger partial charge >= 0.3 is 12.1 Å². The maximum atomic E-state index is 12.2. The fourth-order valence-corrected chi connectivity index (χ4v) is 5.82. The zero-order valence-electron chi connectivity index (χ0n) is 14.0. The summed E-state index contributed by atoms with van der Waals surface area (Å²) in [6.07, 6.45) is -1.62. The van der Waals surface area contributed by atoms with E-state index in [4.69, 9.17) is 0 Å². The first-order valence-electron chi connectivity index (χ1n) is 7.94. The summed E-state index contributed by atoms with van der Waals surface area (Å²) >= 11 is 0. The highest BCUT2D eigenvalue weighted by Crippen LogP contribution is 2.31. The second-order valence-electron chi connectivity index (χ2n) is 6.41. The minimum Gasteiger partial charge on any atom is -0.456 e. The molecule has 0 aliphatic heterocycles. The Morgan fingerprint density at radius 3 is 2.35 bits per heavy atom. The van der Waals surface area contributed by atoms with Gasteiger partial charge in [-0.25, -0.2) is 0 Å². The van der Waals surface area contributed by atoms with E-state index in [1.54, 1.807) is 0 Å². The quantitative estimate of drug-likeness (QED) is 0.505. The maximum Gasteiger partial charge on any atom is 0.422 e. The molecule has 0 aliphatic carbocycles. The fourth-order valence-electron chi connectivity index (χ4n) is 2.69. The van der Waals surface area contributed by atoms with Gasteiger partial charge < -0.3 is 4.74 Å². The smallest absolute Gasteiger partial charge is 0.422 e. The van der Waals surface area contributed by atoms with Crippen LogP contribution in [0.25, 0.3) is 0 Å². The summed E-state index contributed by atoms with van der Waals surface area (Å²) in [5.74, 6) is -0.750. The van der Waals surface area contributed by atoms with Crippen LogP contribution in [0, 0.1) is 0 Å². The summed E-state index contributed by atoms with van der Waals surface area (Å²) < 4.78 is 41.0. The summed E-state index contributed by atoms with van der Waals surface area (Å²) in [5, 5.41) is 1.21. The van der Waals surface area contributed by atoms with Crippen LogP contribution in [0.2, 0.25) is 18.6 Å². The molecular formula is C17H25F3O2Si. The third kappa shape index (κ3) is 6.77. The number of unbranched alkanes of at least 4 members (excludes halogenated alkanes) is 1. The molecule has 1 atom stereocenters. The molecule has 0 unspecified atom stereocenters. The number of halogens is 3. The van der Waals surface area contributed by atoms with Crippen LogP contribution in [0.15, 0.2) is 30.3 Å². The monoisotopic (exact) mass is 346 g/mol. The van der Waals surface area contributed by atoms with Crippen molar-refractivity contribution in [2.45, 2.75) is 57.4 Å². The van der Waals surface area contributed by atoms with Gasteiger partial charge in [0, 0.05) is 6.42 Å². The van der Waals surface area contributed by atoms with E-state index in [1.165, 1.54) is 5.19 Å². The molecule has 0 radical (unpaired) electrons. The van der Waals surface area contributed by atoms with Gasteiger partial charge in [-0.2, -0.15) is 13.2 Å². The van der Waals surface area contributed by atoms with E-state index < -0.39 is 26.8 Å². The molecule has 130 valence electrons. The molecule has 2 nitrogen and oxygen atoms in total. The summed E-state index contributed by atoms with van der Waals surface area (Å²) in [7, 11) is -1.97. The van der Waals surface area contributed by atoms with Crippen molar-refractivity contribution in [3.05, 3.63) is 30.3 Å². The molecule has 6 heteroatoms. The lowest BCUT2D eigenvalue weighted by Gasteiger charge is -2.32. The molecule has 1 aromatic rings. The largest absolute Gasteiger partial charge is 0.456 e. The van der Waals surface area contributed by atoms with E-state index in [1.807, 2.05) is 30.3 Å². The number of hydrogen-bond donors (Lipinski definition) is 0. The van der Waals surface area contributed by atoms with Gasteiger partial charge in [0.1, 0.15) is 0 Å². The van der Waals surface area contributed by atoms with Crippen molar-refractivity contribution in [3.63, 3.8) is 0 Å². The average Bonchev–Trinajstić information content (AvgIpc) is 2.49. The van der Waals surface area contributed by atoms with E-state index >= 15 is 0 Å². The minimum atomic E-state index is -4.47. The van der Waals surface area contributed by atoms with Crippen molar-refractivity contribution in [3.8, 4) is 0 Å². The van der Waals surface area contributed by atoms with Crippen LogP contribution in [0.1, 0.15) is 32.6 Å². The number of hydrogen-bond acceptors (Lipinski definition) is 2. The second kappa shape index (κ2) is 8.52. The van der Waals surface area contributed by atoms with Crippen LogP contribution in [-0.4, -0.2) is 26.8 Å². The van der Waals surface area contributed by atoms with Crippen molar-refractivity contribution in [2.75, 3.05) is 6.61 Å². The van der Waals surface area contributed by atoms with E-state index in [9.17, 15) is 18.0 Å².